The van der Waals surface area contributed by atoms with E-state index < -0.39 is 35.2 Å². The third-order valence-corrected chi connectivity index (χ3v) is 9.67. The Morgan fingerprint density at radius 1 is 1.04 bits per heavy atom. The second-order valence-corrected chi connectivity index (χ2v) is 13.2. The number of amides is 5. The Kier molecular flexibility index (Phi) is 7.27. The molecule has 4 aromatic rings. The normalized spacial score (nSPS) is 18.2. The molecule has 5 heterocycles. The summed E-state index contributed by atoms with van der Waals surface area (Å²) in [6.07, 6.45) is 3.39. The Hall–Kier alpha value is -6.67. The summed E-state index contributed by atoms with van der Waals surface area (Å²) in [4.78, 5) is 67.4. The number of piperidine rings is 1. The van der Waals surface area contributed by atoms with Crippen LogP contribution in [0.5, 0.6) is 11.5 Å². The Bertz CT molecular complexity index is 2340. The number of anilines is 2. The Labute approximate surface area is 290 Å². The molecule has 0 aliphatic carbocycles. The summed E-state index contributed by atoms with van der Waals surface area (Å²) >= 11 is 0. The molecule has 3 aromatic carbocycles. The van der Waals surface area contributed by atoms with Gasteiger partial charge in [0.1, 0.15) is 11.6 Å². The quantitative estimate of drug-likeness (QED) is 0.235. The fourth-order valence-electron chi connectivity index (χ4n) is 6.75. The maximum absolute atomic E-state index is 13.5. The van der Waals surface area contributed by atoms with E-state index in [2.05, 4.69) is 33.6 Å². The van der Waals surface area contributed by atoms with Gasteiger partial charge >= 0.3 is 0 Å². The van der Waals surface area contributed by atoms with E-state index >= 15 is 0 Å². The van der Waals surface area contributed by atoms with E-state index in [1.165, 1.54) is 0 Å². The highest BCUT2D eigenvalue weighted by molar-refractivity contribution is 6.25. The molecule has 14 heteroatoms. The molecule has 0 radical (unpaired) electrons. The predicted molar refractivity (Wildman–Crippen MR) is 181 cm³/mol. The topological polar surface area (TPSA) is 176 Å². The van der Waals surface area contributed by atoms with Crippen LogP contribution >= 0.6 is 0 Å². The molecule has 0 spiro atoms. The van der Waals surface area contributed by atoms with Gasteiger partial charge < -0.3 is 19.7 Å². The summed E-state index contributed by atoms with van der Waals surface area (Å²) in [5, 5.41) is 20.6. The van der Waals surface area contributed by atoms with Crippen molar-refractivity contribution in [3.63, 3.8) is 0 Å². The van der Waals surface area contributed by atoms with E-state index in [1.807, 2.05) is 29.2 Å². The highest BCUT2D eigenvalue weighted by Gasteiger charge is 2.49. The Morgan fingerprint density at radius 3 is 2.57 bits per heavy atom. The third-order valence-electron chi connectivity index (χ3n) is 9.67. The summed E-state index contributed by atoms with van der Waals surface area (Å²) < 4.78 is 13.0. The molecule has 0 bridgehead atoms. The van der Waals surface area contributed by atoms with E-state index in [0.717, 1.165) is 15.7 Å². The van der Waals surface area contributed by atoms with Gasteiger partial charge in [0.2, 0.25) is 18.6 Å². The molecule has 5 amide bonds. The number of benzene rings is 3. The van der Waals surface area contributed by atoms with Gasteiger partial charge in [-0.3, -0.25) is 38.9 Å². The minimum absolute atomic E-state index is 0.0222. The van der Waals surface area contributed by atoms with Crippen molar-refractivity contribution >= 4 is 51.7 Å². The van der Waals surface area contributed by atoms with Crippen molar-refractivity contribution in [2.24, 2.45) is 5.92 Å². The molecule has 0 saturated carbocycles. The maximum atomic E-state index is 13.5. The van der Waals surface area contributed by atoms with Crippen LogP contribution < -0.4 is 25.0 Å². The number of fused-ring (bicyclic) bond motifs is 4. The van der Waals surface area contributed by atoms with Crippen molar-refractivity contribution in [3.8, 4) is 29.4 Å². The van der Waals surface area contributed by atoms with Gasteiger partial charge in [-0.1, -0.05) is 36.1 Å². The van der Waals surface area contributed by atoms with E-state index in [-0.39, 0.29) is 48.3 Å². The van der Waals surface area contributed by atoms with Gasteiger partial charge in [-0.05, 0) is 38.5 Å². The average molecular weight is 684 g/mol. The van der Waals surface area contributed by atoms with Crippen LogP contribution in [0, 0.1) is 29.1 Å². The molecule has 2 fully saturated rings. The molecule has 2 N–H and O–H groups in total. The van der Waals surface area contributed by atoms with Gasteiger partial charge in [0.25, 0.3) is 17.7 Å². The molecular formula is C37H29N7O7. The summed E-state index contributed by atoms with van der Waals surface area (Å²) in [6, 6.07) is 13.5. The highest BCUT2D eigenvalue weighted by Crippen LogP contribution is 2.49. The first kappa shape index (κ1) is 31.6. The standard InChI is InChI=1S/C37H29N7O7/c1-37(2,36(49)40-26-10-9-22(14-38)23-5-3-4-6-24(23)26)43-18-20(15-39-43)7-8-21-16-42(17-21)28-13-25-30(32-31(28)50-19-51-32)35(48)44(34(25)47)27-11-12-29(45)41-33(27)46/h3-6,9-10,13,15,18,21,27H,11-12,16-17,19H2,1-2H3,(H,40,49)(H,41,45,46). The van der Waals surface area contributed by atoms with Gasteiger partial charge in [0.05, 0.1) is 46.1 Å². The monoisotopic (exact) mass is 683 g/mol. The molecule has 4 aliphatic heterocycles. The Balaban J connectivity index is 0.955. The highest BCUT2D eigenvalue weighted by atomic mass is 16.7. The number of imide groups is 2. The molecule has 1 atom stereocenters. The number of hydrogen-bond donors (Lipinski definition) is 2. The van der Waals surface area contributed by atoms with E-state index in [9.17, 15) is 29.2 Å². The minimum atomic E-state index is -1.09. The van der Waals surface area contributed by atoms with Crippen molar-refractivity contribution in [2.75, 3.05) is 30.1 Å². The van der Waals surface area contributed by atoms with Crippen LogP contribution in [0.25, 0.3) is 10.8 Å². The lowest BCUT2D eigenvalue weighted by molar-refractivity contribution is -0.136. The lowest BCUT2D eigenvalue weighted by Gasteiger charge is -2.38. The Morgan fingerprint density at radius 2 is 1.80 bits per heavy atom. The largest absolute Gasteiger partial charge is 0.453 e. The number of nitrogens with one attached hydrogen (secondary N) is 2. The third kappa shape index (κ3) is 5.11. The van der Waals surface area contributed by atoms with E-state index in [1.54, 1.807) is 49.1 Å². The maximum Gasteiger partial charge on any atom is 0.266 e. The van der Waals surface area contributed by atoms with Gasteiger partial charge in [0.15, 0.2) is 11.5 Å². The van der Waals surface area contributed by atoms with Gasteiger partial charge in [-0.15, -0.1) is 0 Å². The summed E-state index contributed by atoms with van der Waals surface area (Å²) in [5.74, 6) is 4.17. The fraction of sp³-hybridized carbons (Fsp3) is 0.270. The second kappa shape index (κ2) is 11.7. The molecule has 1 unspecified atom stereocenters. The number of carbonyl (C=O) groups is 5. The van der Waals surface area contributed by atoms with Crippen molar-refractivity contribution in [1.82, 2.24) is 20.0 Å². The number of nitrogens with zero attached hydrogens (tertiary/aromatic N) is 5. The van der Waals surface area contributed by atoms with E-state index in [4.69, 9.17) is 9.47 Å². The fourth-order valence-corrected chi connectivity index (χ4v) is 6.75. The van der Waals surface area contributed by atoms with Crippen molar-refractivity contribution in [1.29, 1.82) is 5.26 Å². The van der Waals surface area contributed by atoms with Crippen LogP contribution in [0.15, 0.2) is 54.9 Å². The lowest BCUT2D eigenvalue weighted by Crippen LogP contribution is -2.54. The number of nitriles is 1. The molecule has 8 rings (SSSR count). The molecular weight excluding hydrogens is 654 g/mol. The van der Waals surface area contributed by atoms with Crippen LogP contribution in [0.3, 0.4) is 0 Å². The van der Waals surface area contributed by atoms with Crippen molar-refractivity contribution in [2.45, 2.75) is 38.3 Å². The van der Waals surface area contributed by atoms with Gasteiger partial charge in [-0.2, -0.15) is 10.4 Å². The minimum Gasteiger partial charge on any atom is -0.453 e. The molecule has 1 aromatic heterocycles. The number of rotatable bonds is 5. The van der Waals surface area contributed by atoms with Gasteiger partial charge in [0, 0.05) is 42.2 Å². The molecule has 2 saturated heterocycles. The van der Waals surface area contributed by atoms with Gasteiger partial charge in [-0.25, -0.2) is 0 Å². The van der Waals surface area contributed by atoms with Crippen molar-refractivity contribution < 1.29 is 33.4 Å². The van der Waals surface area contributed by atoms with Crippen LogP contribution in [0.4, 0.5) is 11.4 Å². The zero-order valence-corrected chi connectivity index (χ0v) is 27.5. The first-order valence-corrected chi connectivity index (χ1v) is 16.3. The first-order valence-electron chi connectivity index (χ1n) is 16.3. The van der Waals surface area contributed by atoms with Crippen LogP contribution in [0.2, 0.25) is 0 Å². The SMILES string of the molecule is CC(C)(C(=O)Nc1ccc(C#N)c2ccccc12)n1cc(C#CC2CN(c3cc4c(c5c3OCO5)C(=O)N(C3CCC(=O)NC3=O)C4=O)C2)cn1. The summed E-state index contributed by atoms with van der Waals surface area (Å²) in [7, 11) is 0. The second-order valence-electron chi connectivity index (χ2n) is 13.2. The molecule has 254 valence electrons. The first-order chi connectivity index (χ1) is 24.5. The lowest BCUT2D eigenvalue weighted by atomic mass is 9.97. The molecule has 4 aliphatic rings. The van der Waals surface area contributed by atoms with Crippen LogP contribution in [-0.4, -0.2) is 70.1 Å². The van der Waals surface area contributed by atoms with Crippen LogP contribution in [0.1, 0.15) is 58.5 Å². The molecule has 14 nitrogen and oxygen atoms in total. The zero-order chi connectivity index (χ0) is 35.6. The van der Waals surface area contributed by atoms with E-state index in [0.29, 0.717) is 41.3 Å². The number of aromatic nitrogens is 2. The smallest absolute Gasteiger partial charge is 0.266 e. The summed E-state index contributed by atoms with van der Waals surface area (Å²) in [6.45, 7) is 4.41. The number of hydrogen-bond acceptors (Lipinski definition) is 10. The number of ether oxygens (including phenoxy) is 2. The summed E-state index contributed by atoms with van der Waals surface area (Å²) in [5.41, 5.74) is 1.44. The van der Waals surface area contributed by atoms with Crippen LogP contribution in [-0.2, 0) is 19.9 Å². The molecule has 51 heavy (non-hydrogen) atoms. The zero-order valence-electron chi connectivity index (χ0n) is 27.5. The number of carbonyl (C=O) groups excluding carboxylic acids is 5. The predicted octanol–water partition coefficient (Wildman–Crippen LogP) is 2.90. The van der Waals surface area contributed by atoms with Crippen molar-refractivity contribution in [3.05, 3.63) is 77.1 Å². The average Bonchev–Trinajstić information content (AvgIpc) is 3.84.